The number of hydrogen-bond acceptors (Lipinski definition) is 2. The van der Waals surface area contributed by atoms with Crippen molar-refractivity contribution >= 4 is 0 Å². The molecule has 106 valence electrons. The summed E-state index contributed by atoms with van der Waals surface area (Å²) in [4.78, 5) is 2.79. The van der Waals surface area contributed by atoms with Gasteiger partial charge in [0, 0.05) is 24.7 Å². The molecule has 0 bridgehead atoms. The highest BCUT2D eigenvalue weighted by Gasteiger charge is 2.31. The van der Waals surface area contributed by atoms with Crippen LogP contribution in [0, 0.1) is 11.8 Å². The maximum Gasteiger partial charge on any atom is 0.0195 e. The summed E-state index contributed by atoms with van der Waals surface area (Å²) < 4.78 is 0. The van der Waals surface area contributed by atoms with Gasteiger partial charge in [0.05, 0.1) is 0 Å². The van der Waals surface area contributed by atoms with Gasteiger partial charge in [0.25, 0.3) is 0 Å². The highest BCUT2D eigenvalue weighted by atomic mass is 15.2. The van der Waals surface area contributed by atoms with Crippen LogP contribution in [0.3, 0.4) is 0 Å². The number of nitrogens with one attached hydrogen (secondary N) is 1. The van der Waals surface area contributed by atoms with Crippen LogP contribution in [0.5, 0.6) is 0 Å². The Kier molecular flexibility index (Phi) is 5.08. The van der Waals surface area contributed by atoms with Gasteiger partial charge in [-0.05, 0) is 64.3 Å². The van der Waals surface area contributed by atoms with Gasteiger partial charge in [-0.15, -0.1) is 0 Å². The van der Waals surface area contributed by atoms with Crippen molar-refractivity contribution in [1.82, 2.24) is 10.2 Å². The molecular weight excluding hydrogens is 220 g/mol. The first-order valence-corrected chi connectivity index (χ1v) is 8.05. The molecule has 1 N–H and O–H groups in total. The highest BCUT2D eigenvalue weighted by molar-refractivity contribution is 4.87. The summed E-state index contributed by atoms with van der Waals surface area (Å²) in [5.41, 5.74) is 0. The van der Waals surface area contributed by atoms with Crippen molar-refractivity contribution in [3.05, 3.63) is 0 Å². The fourth-order valence-electron chi connectivity index (χ4n) is 4.12. The monoisotopic (exact) mass is 252 g/mol. The van der Waals surface area contributed by atoms with Gasteiger partial charge in [0.1, 0.15) is 0 Å². The third kappa shape index (κ3) is 3.71. The van der Waals surface area contributed by atoms with Crippen molar-refractivity contribution in [2.75, 3.05) is 13.1 Å². The van der Waals surface area contributed by atoms with E-state index in [0.29, 0.717) is 6.04 Å². The van der Waals surface area contributed by atoms with Gasteiger partial charge in [-0.1, -0.05) is 13.8 Å². The lowest BCUT2D eigenvalue weighted by molar-refractivity contribution is 0.0754. The normalized spacial score (nSPS) is 37.7. The Labute approximate surface area is 114 Å². The van der Waals surface area contributed by atoms with E-state index in [1.807, 2.05) is 0 Å². The van der Waals surface area contributed by atoms with Crippen molar-refractivity contribution in [3.63, 3.8) is 0 Å². The molecule has 0 aromatic heterocycles. The molecule has 0 aromatic carbocycles. The lowest BCUT2D eigenvalue weighted by Gasteiger charge is -2.42. The van der Waals surface area contributed by atoms with E-state index in [2.05, 4.69) is 37.9 Å². The molecule has 1 heterocycles. The van der Waals surface area contributed by atoms with Crippen molar-refractivity contribution in [3.8, 4) is 0 Å². The topological polar surface area (TPSA) is 15.3 Å². The summed E-state index contributed by atoms with van der Waals surface area (Å²) in [5, 5.41) is 3.66. The molecule has 2 fully saturated rings. The van der Waals surface area contributed by atoms with Crippen LogP contribution < -0.4 is 5.32 Å². The maximum atomic E-state index is 3.66. The first-order valence-electron chi connectivity index (χ1n) is 8.05. The number of rotatable bonds is 4. The van der Waals surface area contributed by atoms with Crippen LogP contribution in [0.1, 0.15) is 59.8 Å². The molecule has 0 spiro atoms. The molecule has 2 aliphatic rings. The second-order valence-electron chi connectivity index (χ2n) is 7.16. The maximum absolute atomic E-state index is 3.66. The predicted octanol–water partition coefficient (Wildman–Crippen LogP) is 3.27. The number of nitrogens with zero attached hydrogens (tertiary/aromatic N) is 1. The molecule has 3 atom stereocenters. The van der Waals surface area contributed by atoms with E-state index >= 15 is 0 Å². The van der Waals surface area contributed by atoms with Crippen molar-refractivity contribution in [2.45, 2.75) is 77.9 Å². The zero-order valence-electron chi connectivity index (χ0n) is 12.8. The Hall–Kier alpha value is -0.0800. The highest BCUT2D eigenvalue weighted by Crippen LogP contribution is 2.32. The second-order valence-corrected chi connectivity index (χ2v) is 7.16. The summed E-state index contributed by atoms with van der Waals surface area (Å²) in [5.74, 6) is 1.83. The quantitative estimate of drug-likeness (QED) is 0.826. The zero-order chi connectivity index (χ0) is 13.1. The molecule has 2 rings (SSSR count). The van der Waals surface area contributed by atoms with Crippen LogP contribution in [-0.2, 0) is 0 Å². The summed E-state index contributed by atoms with van der Waals surface area (Å²) in [7, 11) is 0. The summed E-state index contributed by atoms with van der Waals surface area (Å²) in [6.07, 6.45) is 7.00. The first kappa shape index (κ1) is 14.3. The Balaban J connectivity index is 1.95. The predicted molar refractivity (Wildman–Crippen MR) is 78.8 cm³/mol. The molecule has 1 saturated heterocycles. The Bertz CT molecular complexity index is 235. The van der Waals surface area contributed by atoms with E-state index in [0.717, 1.165) is 23.9 Å². The molecule has 2 nitrogen and oxygen atoms in total. The average molecular weight is 252 g/mol. The Morgan fingerprint density at radius 3 is 2.28 bits per heavy atom. The van der Waals surface area contributed by atoms with E-state index < -0.39 is 0 Å². The van der Waals surface area contributed by atoms with Gasteiger partial charge in [-0.3, -0.25) is 4.90 Å². The largest absolute Gasteiger partial charge is 0.313 e. The minimum absolute atomic E-state index is 0.690. The molecule has 1 aliphatic heterocycles. The van der Waals surface area contributed by atoms with E-state index in [4.69, 9.17) is 0 Å². The van der Waals surface area contributed by atoms with Crippen LogP contribution in [-0.4, -0.2) is 36.1 Å². The van der Waals surface area contributed by atoms with Gasteiger partial charge >= 0.3 is 0 Å². The molecule has 0 amide bonds. The average Bonchev–Trinajstić information content (AvgIpc) is 2.76. The van der Waals surface area contributed by atoms with Crippen LogP contribution in [0.25, 0.3) is 0 Å². The lowest BCUT2D eigenvalue weighted by Crippen LogP contribution is -2.49. The Morgan fingerprint density at radius 2 is 1.78 bits per heavy atom. The molecule has 1 aliphatic carbocycles. The van der Waals surface area contributed by atoms with Gasteiger partial charge in [0.2, 0.25) is 0 Å². The second kappa shape index (κ2) is 6.38. The third-order valence-electron chi connectivity index (χ3n) is 4.88. The summed E-state index contributed by atoms with van der Waals surface area (Å²) in [6.45, 7) is 12.1. The molecule has 1 saturated carbocycles. The van der Waals surface area contributed by atoms with Crippen molar-refractivity contribution < 1.29 is 0 Å². The standard InChI is InChI=1S/C16H32N2/c1-12(2)18(11-15-6-5-7-17-15)16-9-13(3)8-14(4)10-16/h12-17H,5-11H2,1-4H3. The van der Waals surface area contributed by atoms with Crippen molar-refractivity contribution in [1.29, 1.82) is 0 Å². The van der Waals surface area contributed by atoms with Crippen LogP contribution in [0.15, 0.2) is 0 Å². The van der Waals surface area contributed by atoms with Gasteiger partial charge in [0.15, 0.2) is 0 Å². The van der Waals surface area contributed by atoms with Crippen LogP contribution >= 0.6 is 0 Å². The van der Waals surface area contributed by atoms with E-state index in [9.17, 15) is 0 Å². The molecule has 0 radical (unpaired) electrons. The molecule has 0 aromatic rings. The molecule has 3 unspecified atom stereocenters. The zero-order valence-corrected chi connectivity index (χ0v) is 12.8. The van der Waals surface area contributed by atoms with E-state index in [1.165, 1.54) is 45.2 Å². The fourth-order valence-corrected chi connectivity index (χ4v) is 4.12. The van der Waals surface area contributed by atoms with Gasteiger partial charge < -0.3 is 5.32 Å². The van der Waals surface area contributed by atoms with Crippen LogP contribution in [0.4, 0.5) is 0 Å². The van der Waals surface area contributed by atoms with Gasteiger partial charge in [-0.2, -0.15) is 0 Å². The minimum Gasteiger partial charge on any atom is -0.313 e. The van der Waals surface area contributed by atoms with E-state index in [1.54, 1.807) is 0 Å². The van der Waals surface area contributed by atoms with Crippen molar-refractivity contribution in [2.24, 2.45) is 11.8 Å². The minimum atomic E-state index is 0.690. The lowest BCUT2D eigenvalue weighted by atomic mass is 9.79. The van der Waals surface area contributed by atoms with Gasteiger partial charge in [-0.25, -0.2) is 0 Å². The third-order valence-corrected chi connectivity index (χ3v) is 4.88. The molecule has 18 heavy (non-hydrogen) atoms. The van der Waals surface area contributed by atoms with Crippen LogP contribution in [0.2, 0.25) is 0 Å². The number of hydrogen-bond donors (Lipinski definition) is 1. The SMILES string of the molecule is CC1CC(C)CC(N(CC2CCCN2)C(C)C)C1. The van der Waals surface area contributed by atoms with E-state index in [-0.39, 0.29) is 0 Å². The fraction of sp³-hybridized carbons (Fsp3) is 1.00. The molecule has 2 heteroatoms. The Morgan fingerprint density at radius 1 is 1.11 bits per heavy atom. The smallest absolute Gasteiger partial charge is 0.0195 e. The molecular formula is C16H32N2. The summed E-state index contributed by atoms with van der Waals surface area (Å²) >= 11 is 0. The summed E-state index contributed by atoms with van der Waals surface area (Å²) in [6, 6.07) is 2.26. The first-order chi connectivity index (χ1) is 8.56.